The summed E-state index contributed by atoms with van der Waals surface area (Å²) in [5.41, 5.74) is 1.02. The van der Waals surface area contributed by atoms with Crippen molar-refractivity contribution in [1.82, 2.24) is 20.2 Å². The van der Waals surface area contributed by atoms with E-state index in [9.17, 15) is 9.18 Å². The first-order chi connectivity index (χ1) is 12.5. The first-order valence-electron chi connectivity index (χ1n) is 7.68. The Bertz CT molecular complexity index is 946. The minimum atomic E-state index is -0.747. The fourth-order valence-electron chi connectivity index (χ4n) is 2.20. The molecule has 7 nitrogen and oxygen atoms in total. The van der Waals surface area contributed by atoms with Crippen molar-refractivity contribution in [2.75, 3.05) is 12.4 Å². The highest BCUT2D eigenvalue weighted by Crippen LogP contribution is 2.24. The predicted molar refractivity (Wildman–Crippen MR) is 94.6 cm³/mol. The molecule has 0 saturated heterocycles. The van der Waals surface area contributed by atoms with E-state index in [0.29, 0.717) is 22.8 Å². The maximum Gasteiger partial charge on any atom is 0.250 e. The molecule has 9 heteroatoms. The van der Waals surface area contributed by atoms with E-state index in [1.807, 2.05) is 12.1 Å². The van der Waals surface area contributed by atoms with Gasteiger partial charge in [-0.15, -0.1) is 10.2 Å². The lowest BCUT2D eigenvalue weighted by Crippen LogP contribution is -2.25. The SMILES string of the molecule is COc1cccc(-c2nnn([C@@H](C)C(=O)Nc3ccc(F)cc3Cl)n2)c1. The Labute approximate surface area is 153 Å². The van der Waals surface area contributed by atoms with E-state index in [0.717, 1.165) is 6.07 Å². The van der Waals surface area contributed by atoms with Crippen LogP contribution < -0.4 is 10.1 Å². The number of amides is 1. The molecule has 26 heavy (non-hydrogen) atoms. The molecule has 3 aromatic rings. The van der Waals surface area contributed by atoms with E-state index in [1.54, 1.807) is 26.2 Å². The van der Waals surface area contributed by atoms with Gasteiger partial charge in [0.1, 0.15) is 17.6 Å². The number of ether oxygens (including phenoxy) is 1. The van der Waals surface area contributed by atoms with Gasteiger partial charge in [0.15, 0.2) is 0 Å². The molecular weight excluding hydrogens is 361 g/mol. The smallest absolute Gasteiger partial charge is 0.250 e. The lowest BCUT2D eigenvalue weighted by Gasteiger charge is -2.11. The van der Waals surface area contributed by atoms with E-state index >= 15 is 0 Å². The third-order valence-corrected chi connectivity index (χ3v) is 3.98. The lowest BCUT2D eigenvalue weighted by molar-refractivity contribution is -0.119. The van der Waals surface area contributed by atoms with Gasteiger partial charge in [0.25, 0.3) is 5.91 Å². The van der Waals surface area contributed by atoms with Gasteiger partial charge in [-0.2, -0.15) is 4.80 Å². The molecule has 0 radical (unpaired) electrons. The summed E-state index contributed by atoms with van der Waals surface area (Å²) < 4.78 is 18.3. The molecule has 0 aliphatic heterocycles. The minimum Gasteiger partial charge on any atom is -0.497 e. The van der Waals surface area contributed by atoms with E-state index in [4.69, 9.17) is 16.3 Å². The highest BCUT2D eigenvalue weighted by molar-refractivity contribution is 6.33. The Morgan fingerprint density at radius 2 is 2.12 bits per heavy atom. The van der Waals surface area contributed by atoms with Crippen LogP contribution in [0, 0.1) is 5.82 Å². The van der Waals surface area contributed by atoms with Gasteiger partial charge in [-0.05, 0) is 42.5 Å². The second kappa shape index (κ2) is 7.49. The van der Waals surface area contributed by atoms with Crippen molar-refractivity contribution >= 4 is 23.2 Å². The molecule has 0 fully saturated rings. The largest absolute Gasteiger partial charge is 0.497 e. The average molecular weight is 376 g/mol. The molecule has 1 N–H and O–H groups in total. The Kier molecular flexibility index (Phi) is 5.13. The number of carbonyl (C=O) groups is 1. The van der Waals surface area contributed by atoms with Gasteiger partial charge in [0.2, 0.25) is 5.82 Å². The number of nitrogens with zero attached hydrogens (tertiary/aromatic N) is 4. The number of benzene rings is 2. The number of methoxy groups -OCH3 is 1. The number of aromatic nitrogens is 4. The van der Waals surface area contributed by atoms with Crippen molar-refractivity contribution in [1.29, 1.82) is 0 Å². The maximum atomic E-state index is 13.1. The van der Waals surface area contributed by atoms with Crippen LogP contribution in [-0.4, -0.2) is 33.2 Å². The maximum absolute atomic E-state index is 13.1. The van der Waals surface area contributed by atoms with Crippen molar-refractivity contribution in [2.45, 2.75) is 13.0 Å². The van der Waals surface area contributed by atoms with Crippen LogP contribution in [0.15, 0.2) is 42.5 Å². The topological polar surface area (TPSA) is 81.9 Å². The fraction of sp³-hybridized carbons (Fsp3) is 0.176. The summed E-state index contributed by atoms with van der Waals surface area (Å²) in [6.45, 7) is 1.61. The van der Waals surface area contributed by atoms with Crippen molar-refractivity contribution in [3.05, 3.63) is 53.3 Å². The molecule has 134 valence electrons. The highest BCUT2D eigenvalue weighted by atomic mass is 35.5. The van der Waals surface area contributed by atoms with Crippen LogP contribution in [0.3, 0.4) is 0 Å². The molecule has 2 aromatic carbocycles. The molecule has 1 atom stereocenters. The monoisotopic (exact) mass is 375 g/mol. The molecule has 0 unspecified atom stereocenters. The fourth-order valence-corrected chi connectivity index (χ4v) is 2.41. The molecule has 0 aliphatic carbocycles. The number of anilines is 1. The number of rotatable bonds is 5. The summed E-state index contributed by atoms with van der Waals surface area (Å²) in [4.78, 5) is 13.6. The summed E-state index contributed by atoms with van der Waals surface area (Å²) in [5, 5.41) is 14.9. The van der Waals surface area contributed by atoms with Crippen LogP contribution in [0.4, 0.5) is 10.1 Å². The van der Waals surface area contributed by atoms with Crippen LogP contribution in [-0.2, 0) is 4.79 Å². The van der Waals surface area contributed by atoms with E-state index in [-0.39, 0.29) is 5.02 Å². The Morgan fingerprint density at radius 1 is 1.31 bits per heavy atom. The Hall–Kier alpha value is -3.00. The van der Waals surface area contributed by atoms with Gasteiger partial charge < -0.3 is 10.1 Å². The molecule has 0 bridgehead atoms. The number of halogens is 2. The Morgan fingerprint density at radius 3 is 2.85 bits per heavy atom. The summed E-state index contributed by atoms with van der Waals surface area (Å²) in [6, 6.07) is 10.2. The predicted octanol–water partition coefficient (Wildman–Crippen LogP) is 3.34. The second-order valence-corrected chi connectivity index (χ2v) is 5.86. The highest BCUT2D eigenvalue weighted by Gasteiger charge is 2.20. The van der Waals surface area contributed by atoms with Gasteiger partial charge in [0.05, 0.1) is 17.8 Å². The zero-order valence-corrected chi connectivity index (χ0v) is 14.7. The summed E-state index contributed by atoms with van der Waals surface area (Å²) in [7, 11) is 1.57. The average Bonchev–Trinajstić information content (AvgIpc) is 3.13. The third kappa shape index (κ3) is 3.80. The molecule has 0 saturated carbocycles. The molecular formula is C17H15ClFN5O2. The van der Waals surface area contributed by atoms with Gasteiger partial charge in [0, 0.05) is 5.56 Å². The van der Waals surface area contributed by atoms with Crippen molar-refractivity contribution in [2.24, 2.45) is 0 Å². The third-order valence-electron chi connectivity index (χ3n) is 3.67. The van der Waals surface area contributed by atoms with Crippen LogP contribution in [0.5, 0.6) is 5.75 Å². The number of carbonyl (C=O) groups excluding carboxylic acids is 1. The van der Waals surface area contributed by atoms with Gasteiger partial charge in [-0.3, -0.25) is 4.79 Å². The number of nitrogens with one attached hydrogen (secondary N) is 1. The van der Waals surface area contributed by atoms with E-state index in [2.05, 4.69) is 20.7 Å². The van der Waals surface area contributed by atoms with E-state index in [1.165, 1.54) is 16.9 Å². The van der Waals surface area contributed by atoms with Crippen molar-refractivity contribution < 1.29 is 13.9 Å². The van der Waals surface area contributed by atoms with Crippen LogP contribution in [0.1, 0.15) is 13.0 Å². The van der Waals surface area contributed by atoms with Crippen molar-refractivity contribution in [3.8, 4) is 17.1 Å². The normalized spacial score (nSPS) is 11.8. The summed E-state index contributed by atoms with van der Waals surface area (Å²) in [5.74, 6) is 0.133. The molecule has 1 heterocycles. The zero-order chi connectivity index (χ0) is 18.7. The van der Waals surface area contributed by atoms with Crippen LogP contribution in [0.25, 0.3) is 11.4 Å². The number of tetrazole rings is 1. The molecule has 1 aromatic heterocycles. The van der Waals surface area contributed by atoms with Gasteiger partial charge in [-0.1, -0.05) is 23.7 Å². The second-order valence-electron chi connectivity index (χ2n) is 5.45. The van der Waals surface area contributed by atoms with E-state index < -0.39 is 17.8 Å². The van der Waals surface area contributed by atoms with Gasteiger partial charge in [-0.25, -0.2) is 4.39 Å². The minimum absolute atomic E-state index is 0.106. The first-order valence-corrected chi connectivity index (χ1v) is 8.05. The summed E-state index contributed by atoms with van der Waals surface area (Å²) >= 11 is 5.92. The first kappa shape index (κ1) is 17.8. The quantitative estimate of drug-likeness (QED) is 0.739. The van der Waals surface area contributed by atoms with Gasteiger partial charge >= 0.3 is 0 Å². The van der Waals surface area contributed by atoms with Crippen LogP contribution >= 0.6 is 11.6 Å². The summed E-state index contributed by atoms with van der Waals surface area (Å²) in [6.07, 6.45) is 0. The Balaban J connectivity index is 1.76. The van der Waals surface area contributed by atoms with Crippen molar-refractivity contribution in [3.63, 3.8) is 0 Å². The van der Waals surface area contributed by atoms with Crippen LogP contribution in [0.2, 0.25) is 5.02 Å². The zero-order valence-electron chi connectivity index (χ0n) is 14.0. The molecule has 0 aliphatic rings. The molecule has 0 spiro atoms. The molecule has 3 rings (SSSR count). The standard InChI is InChI=1S/C17H15ClFN5O2/c1-10(17(25)20-15-7-6-12(19)9-14(15)18)24-22-16(21-23-24)11-4-3-5-13(8-11)26-2/h3-10H,1-2H3,(H,20,25)/t10-/m0/s1. The number of hydrogen-bond acceptors (Lipinski definition) is 5. The molecule has 1 amide bonds. The lowest BCUT2D eigenvalue weighted by atomic mass is 10.2. The number of hydrogen-bond donors (Lipinski definition) is 1.